The van der Waals surface area contributed by atoms with Crippen LogP contribution in [0, 0.1) is 13.8 Å². The second-order valence-corrected chi connectivity index (χ2v) is 6.13. The number of fused-ring (bicyclic) bond motifs is 1. The molecule has 0 atom stereocenters. The Hall–Kier alpha value is -2.56. The minimum atomic E-state index is 0.977. The van der Waals surface area contributed by atoms with Crippen LogP contribution < -0.4 is 9.80 Å². The molecule has 3 aromatic rings. The van der Waals surface area contributed by atoms with Gasteiger partial charge in [0, 0.05) is 44.3 Å². The number of nitrogens with zero attached hydrogens (tertiary/aromatic N) is 5. The van der Waals surface area contributed by atoms with Gasteiger partial charge in [0.2, 0.25) is 0 Å². The summed E-state index contributed by atoms with van der Waals surface area (Å²) in [6.07, 6.45) is 3.75. The van der Waals surface area contributed by atoms with Crippen LogP contribution in [0.2, 0.25) is 0 Å². The van der Waals surface area contributed by atoms with E-state index in [0.29, 0.717) is 0 Å². The first-order valence-corrected chi connectivity index (χ1v) is 8.09. The highest BCUT2D eigenvalue weighted by Crippen LogP contribution is 2.24. The number of aryl methyl sites for hydroxylation is 2. The number of benzene rings is 1. The molecule has 0 unspecified atom stereocenters. The summed E-state index contributed by atoms with van der Waals surface area (Å²) in [5.41, 5.74) is 4.80. The molecule has 2 aromatic heterocycles. The molecule has 4 rings (SSSR count). The molecule has 5 heteroatoms. The van der Waals surface area contributed by atoms with Crippen molar-refractivity contribution in [2.24, 2.45) is 0 Å². The standard InChI is InChI=1S/C18H21N5/c1-14-5-3-4-6-16(14)21-9-11-22(12-10-21)18-17-13-15(2)20-23(17)8-7-19-18/h3-8,13H,9-12H2,1-2H3. The monoisotopic (exact) mass is 307 g/mol. The maximum atomic E-state index is 4.61. The van der Waals surface area contributed by atoms with Crippen molar-refractivity contribution < 1.29 is 0 Å². The van der Waals surface area contributed by atoms with Crippen molar-refractivity contribution in [2.75, 3.05) is 36.0 Å². The molecule has 118 valence electrons. The van der Waals surface area contributed by atoms with Gasteiger partial charge in [-0.1, -0.05) is 18.2 Å². The second-order valence-electron chi connectivity index (χ2n) is 6.13. The lowest BCUT2D eigenvalue weighted by Gasteiger charge is -2.37. The largest absolute Gasteiger partial charge is 0.368 e. The Morgan fingerprint density at radius 1 is 0.957 bits per heavy atom. The van der Waals surface area contributed by atoms with E-state index in [1.807, 2.05) is 23.8 Å². The maximum absolute atomic E-state index is 4.61. The van der Waals surface area contributed by atoms with E-state index in [1.54, 1.807) is 0 Å². The van der Waals surface area contributed by atoms with Crippen LogP contribution in [-0.4, -0.2) is 40.8 Å². The van der Waals surface area contributed by atoms with Gasteiger partial charge < -0.3 is 9.80 Å². The van der Waals surface area contributed by atoms with Crippen molar-refractivity contribution in [1.29, 1.82) is 0 Å². The molecule has 0 bridgehead atoms. The molecule has 1 aromatic carbocycles. The molecule has 1 saturated heterocycles. The molecule has 5 nitrogen and oxygen atoms in total. The van der Waals surface area contributed by atoms with Crippen molar-refractivity contribution in [3.8, 4) is 0 Å². The first-order chi connectivity index (χ1) is 11.2. The Morgan fingerprint density at radius 3 is 2.48 bits per heavy atom. The van der Waals surface area contributed by atoms with E-state index in [9.17, 15) is 0 Å². The summed E-state index contributed by atoms with van der Waals surface area (Å²) in [5.74, 6) is 1.04. The van der Waals surface area contributed by atoms with E-state index in [0.717, 1.165) is 43.2 Å². The molecule has 1 aliphatic rings. The third kappa shape index (κ3) is 2.52. The SMILES string of the molecule is Cc1cc2c(N3CCN(c4ccccc4C)CC3)nccn2n1. The van der Waals surface area contributed by atoms with Crippen LogP contribution in [-0.2, 0) is 0 Å². The van der Waals surface area contributed by atoms with Crippen LogP contribution >= 0.6 is 0 Å². The Morgan fingerprint density at radius 2 is 1.70 bits per heavy atom. The van der Waals surface area contributed by atoms with Gasteiger partial charge in [-0.2, -0.15) is 5.10 Å². The topological polar surface area (TPSA) is 36.7 Å². The molecule has 0 amide bonds. The molecule has 1 fully saturated rings. The number of hydrogen-bond donors (Lipinski definition) is 0. The van der Waals surface area contributed by atoms with Crippen molar-refractivity contribution in [2.45, 2.75) is 13.8 Å². The first-order valence-electron chi connectivity index (χ1n) is 8.09. The number of anilines is 2. The molecule has 3 heterocycles. The Labute approximate surface area is 136 Å². The number of aromatic nitrogens is 3. The van der Waals surface area contributed by atoms with E-state index < -0.39 is 0 Å². The zero-order valence-corrected chi connectivity index (χ0v) is 13.6. The molecular weight excluding hydrogens is 286 g/mol. The predicted molar refractivity (Wildman–Crippen MR) is 93.3 cm³/mol. The fourth-order valence-corrected chi connectivity index (χ4v) is 3.35. The van der Waals surface area contributed by atoms with Crippen molar-refractivity contribution in [3.63, 3.8) is 0 Å². The van der Waals surface area contributed by atoms with Crippen LogP contribution in [0.3, 0.4) is 0 Å². The van der Waals surface area contributed by atoms with Crippen LogP contribution in [0.15, 0.2) is 42.7 Å². The molecule has 0 saturated carbocycles. The zero-order valence-electron chi connectivity index (χ0n) is 13.6. The number of rotatable bonds is 2. The fraction of sp³-hybridized carbons (Fsp3) is 0.333. The summed E-state index contributed by atoms with van der Waals surface area (Å²) in [6.45, 7) is 8.18. The zero-order chi connectivity index (χ0) is 15.8. The fourth-order valence-electron chi connectivity index (χ4n) is 3.35. The lowest BCUT2D eigenvalue weighted by atomic mass is 10.1. The maximum Gasteiger partial charge on any atom is 0.154 e. The summed E-state index contributed by atoms with van der Waals surface area (Å²) in [5, 5.41) is 4.48. The van der Waals surface area contributed by atoms with E-state index in [2.05, 4.69) is 57.1 Å². The Balaban J connectivity index is 1.56. The smallest absolute Gasteiger partial charge is 0.154 e. The number of para-hydroxylation sites is 1. The average Bonchev–Trinajstić information content (AvgIpc) is 2.96. The van der Waals surface area contributed by atoms with Gasteiger partial charge >= 0.3 is 0 Å². The van der Waals surface area contributed by atoms with E-state index in [4.69, 9.17) is 0 Å². The Bertz CT molecular complexity index is 830. The van der Waals surface area contributed by atoms with Crippen molar-refractivity contribution >= 4 is 17.0 Å². The van der Waals surface area contributed by atoms with E-state index >= 15 is 0 Å². The first kappa shape index (κ1) is 14.1. The summed E-state index contributed by atoms with van der Waals surface area (Å²) in [4.78, 5) is 9.44. The van der Waals surface area contributed by atoms with Gasteiger partial charge in [0.15, 0.2) is 5.82 Å². The average molecular weight is 307 g/mol. The van der Waals surface area contributed by atoms with Crippen LogP contribution in [0.25, 0.3) is 5.52 Å². The van der Waals surface area contributed by atoms with Gasteiger partial charge in [0.05, 0.1) is 5.69 Å². The molecular formula is C18H21N5. The lowest BCUT2D eigenvalue weighted by Crippen LogP contribution is -2.47. The molecule has 0 aliphatic carbocycles. The molecule has 23 heavy (non-hydrogen) atoms. The van der Waals surface area contributed by atoms with Gasteiger partial charge in [0.1, 0.15) is 5.52 Å². The van der Waals surface area contributed by atoms with Gasteiger partial charge in [-0.05, 0) is 31.5 Å². The quantitative estimate of drug-likeness (QED) is 0.729. The van der Waals surface area contributed by atoms with Crippen LogP contribution in [0.5, 0.6) is 0 Å². The number of piperazine rings is 1. The summed E-state index contributed by atoms with van der Waals surface area (Å²) in [6, 6.07) is 10.7. The molecule has 0 N–H and O–H groups in total. The highest BCUT2D eigenvalue weighted by molar-refractivity contribution is 5.69. The van der Waals surface area contributed by atoms with Gasteiger partial charge in [-0.15, -0.1) is 0 Å². The van der Waals surface area contributed by atoms with E-state index in [-0.39, 0.29) is 0 Å². The summed E-state index contributed by atoms with van der Waals surface area (Å²) >= 11 is 0. The van der Waals surface area contributed by atoms with Gasteiger partial charge in [-0.3, -0.25) is 0 Å². The van der Waals surface area contributed by atoms with Gasteiger partial charge in [0.25, 0.3) is 0 Å². The third-order valence-corrected chi connectivity index (χ3v) is 4.53. The van der Waals surface area contributed by atoms with E-state index in [1.165, 1.54) is 11.3 Å². The normalized spacial score (nSPS) is 15.4. The predicted octanol–water partition coefficient (Wildman–Crippen LogP) is 2.67. The van der Waals surface area contributed by atoms with Crippen molar-refractivity contribution in [3.05, 3.63) is 54.0 Å². The highest BCUT2D eigenvalue weighted by Gasteiger charge is 2.21. The summed E-state index contributed by atoms with van der Waals surface area (Å²) < 4.78 is 1.92. The van der Waals surface area contributed by atoms with Gasteiger partial charge in [-0.25, -0.2) is 9.50 Å². The third-order valence-electron chi connectivity index (χ3n) is 4.53. The summed E-state index contributed by atoms with van der Waals surface area (Å²) in [7, 11) is 0. The lowest BCUT2D eigenvalue weighted by molar-refractivity contribution is 0.646. The minimum Gasteiger partial charge on any atom is -0.368 e. The van der Waals surface area contributed by atoms with Crippen LogP contribution in [0.4, 0.5) is 11.5 Å². The number of hydrogen-bond acceptors (Lipinski definition) is 4. The molecule has 0 spiro atoms. The second kappa shape index (κ2) is 5.57. The molecule has 0 radical (unpaired) electrons. The minimum absolute atomic E-state index is 0.977. The molecule has 1 aliphatic heterocycles. The van der Waals surface area contributed by atoms with Crippen LogP contribution in [0.1, 0.15) is 11.3 Å². The Kier molecular flexibility index (Phi) is 3.41. The highest BCUT2D eigenvalue weighted by atomic mass is 15.3. The van der Waals surface area contributed by atoms with Crippen molar-refractivity contribution in [1.82, 2.24) is 14.6 Å².